The Labute approximate surface area is 119 Å². The molecule has 0 spiro atoms. The molecule has 0 unspecified atom stereocenters. The van der Waals surface area contributed by atoms with E-state index in [4.69, 9.17) is 18.0 Å². The van der Waals surface area contributed by atoms with Crippen LogP contribution in [0.5, 0.6) is 0 Å². The van der Waals surface area contributed by atoms with Gasteiger partial charge >= 0.3 is 0 Å². The molecule has 0 saturated heterocycles. The number of nitrogens with two attached hydrogens (primary N) is 1. The molecule has 4 heteroatoms. The predicted molar refractivity (Wildman–Crippen MR) is 84.1 cm³/mol. The summed E-state index contributed by atoms with van der Waals surface area (Å²) in [5.41, 5.74) is 7.93. The van der Waals surface area contributed by atoms with Gasteiger partial charge in [0.05, 0.1) is 10.5 Å². The summed E-state index contributed by atoms with van der Waals surface area (Å²) in [4.78, 5) is 7.13. The largest absolute Gasteiger partial charge is 0.392 e. The number of fused-ring (bicyclic) bond motifs is 1. The van der Waals surface area contributed by atoms with Crippen molar-refractivity contribution in [2.45, 2.75) is 26.4 Å². The number of thiocarbonyl (C=S) groups is 1. The Kier molecular flexibility index (Phi) is 4.45. The summed E-state index contributed by atoms with van der Waals surface area (Å²) in [6, 6.07) is 10.8. The van der Waals surface area contributed by atoms with Gasteiger partial charge in [-0.1, -0.05) is 24.4 Å². The van der Waals surface area contributed by atoms with Crippen molar-refractivity contribution in [3.63, 3.8) is 0 Å². The fourth-order valence-corrected chi connectivity index (χ4v) is 2.24. The van der Waals surface area contributed by atoms with Crippen molar-refractivity contribution in [3.05, 3.63) is 42.1 Å². The highest BCUT2D eigenvalue weighted by atomic mass is 32.1. The van der Waals surface area contributed by atoms with Gasteiger partial charge in [0.1, 0.15) is 0 Å². The third kappa shape index (κ3) is 3.72. The third-order valence-corrected chi connectivity index (χ3v) is 3.27. The normalized spacial score (nSPS) is 11.4. The second-order valence-corrected chi connectivity index (χ2v) is 5.52. The van der Waals surface area contributed by atoms with E-state index >= 15 is 0 Å². The number of rotatable bonds is 5. The summed E-state index contributed by atoms with van der Waals surface area (Å²) in [6.45, 7) is 5.81. The van der Waals surface area contributed by atoms with Gasteiger partial charge in [-0.25, -0.2) is 0 Å². The first-order valence-electron chi connectivity index (χ1n) is 6.42. The number of hydrogen-bond acceptors (Lipinski definition) is 3. The molecule has 100 valence electrons. The van der Waals surface area contributed by atoms with Crippen LogP contribution in [0.15, 0.2) is 36.5 Å². The van der Waals surface area contributed by atoms with Crippen LogP contribution in [0.1, 0.15) is 19.4 Å². The smallest absolute Gasteiger partial charge is 0.0870 e. The van der Waals surface area contributed by atoms with Crippen molar-refractivity contribution in [2.24, 2.45) is 5.73 Å². The minimum atomic E-state index is 0.408. The molecule has 2 N–H and O–H groups in total. The Bertz CT molecular complexity index is 580. The lowest BCUT2D eigenvalue weighted by atomic mass is 10.1. The summed E-state index contributed by atoms with van der Waals surface area (Å²) in [5, 5.41) is 1.17. The minimum absolute atomic E-state index is 0.408. The summed E-state index contributed by atoms with van der Waals surface area (Å²) in [7, 11) is 0. The molecule has 2 rings (SSSR count). The zero-order chi connectivity index (χ0) is 13.8. The monoisotopic (exact) mass is 273 g/mol. The lowest BCUT2D eigenvalue weighted by molar-refractivity contribution is 0.245. The van der Waals surface area contributed by atoms with Gasteiger partial charge in [-0.2, -0.15) is 0 Å². The summed E-state index contributed by atoms with van der Waals surface area (Å²) in [5.74, 6) is 0. The topological polar surface area (TPSA) is 42.1 Å². The Hall–Kier alpha value is -1.52. The zero-order valence-electron chi connectivity index (χ0n) is 11.3. The van der Waals surface area contributed by atoms with Crippen LogP contribution in [-0.4, -0.2) is 27.5 Å². The molecule has 3 nitrogen and oxygen atoms in total. The number of pyridine rings is 1. The summed E-state index contributed by atoms with van der Waals surface area (Å²) < 4.78 is 0. The molecule has 1 aromatic heterocycles. The van der Waals surface area contributed by atoms with Crippen molar-refractivity contribution in [1.82, 2.24) is 9.88 Å². The van der Waals surface area contributed by atoms with Gasteiger partial charge < -0.3 is 5.73 Å². The fraction of sp³-hybridized carbons (Fsp3) is 0.333. The molecule has 0 amide bonds. The highest BCUT2D eigenvalue weighted by Gasteiger charge is 2.11. The van der Waals surface area contributed by atoms with Crippen LogP contribution in [0.25, 0.3) is 10.9 Å². The van der Waals surface area contributed by atoms with Crippen LogP contribution < -0.4 is 5.73 Å². The number of nitrogens with zero attached hydrogens (tertiary/aromatic N) is 2. The Balaban J connectivity index is 2.21. The van der Waals surface area contributed by atoms with Crippen LogP contribution in [0.2, 0.25) is 0 Å². The highest BCUT2D eigenvalue weighted by molar-refractivity contribution is 7.80. The van der Waals surface area contributed by atoms with Crippen LogP contribution in [0.4, 0.5) is 0 Å². The predicted octanol–water partition coefficient (Wildman–Crippen LogP) is 2.73. The number of benzene rings is 1. The Morgan fingerprint density at radius 2 is 2.16 bits per heavy atom. The van der Waals surface area contributed by atoms with Crippen LogP contribution in [0, 0.1) is 0 Å². The second-order valence-electron chi connectivity index (χ2n) is 5.00. The van der Waals surface area contributed by atoms with Gasteiger partial charge in [-0.05, 0) is 37.6 Å². The average Bonchev–Trinajstić information content (AvgIpc) is 2.37. The molecule has 0 aliphatic carbocycles. The Morgan fingerprint density at radius 1 is 1.37 bits per heavy atom. The second kappa shape index (κ2) is 6.08. The maximum Gasteiger partial charge on any atom is 0.0870 e. The van der Waals surface area contributed by atoms with Gasteiger partial charge in [0.2, 0.25) is 0 Å². The standard InChI is InChI=1S/C15H19N3S/c1-11(2)18(10-15(16)19)9-12-5-6-14-13(8-12)4-3-7-17-14/h3-8,11H,9-10H2,1-2H3,(H2,16,19). The van der Waals surface area contributed by atoms with Gasteiger partial charge in [-0.3, -0.25) is 9.88 Å². The van der Waals surface area contributed by atoms with Crippen molar-refractivity contribution in [3.8, 4) is 0 Å². The van der Waals surface area contributed by atoms with E-state index in [1.165, 1.54) is 10.9 Å². The molecule has 1 aromatic carbocycles. The van der Waals surface area contributed by atoms with E-state index in [1.807, 2.05) is 12.3 Å². The van der Waals surface area contributed by atoms with Crippen molar-refractivity contribution in [2.75, 3.05) is 6.54 Å². The molecule has 0 saturated carbocycles. The number of aromatic nitrogens is 1. The van der Waals surface area contributed by atoms with E-state index in [9.17, 15) is 0 Å². The lowest BCUT2D eigenvalue weighted by Crippen LogP contribution is -2.37. The quantitative estimate of drug-likeness (QED) is 0.851. The van der Waals surface area contributed by atoms with E-state index < -0.39 is 0 Å². The summed E-state index contributed by atoms with van der Waals surface area (Å²) >= 11 is 5.01. The van der Waals surface area contributed by atoms with E-state index in [-0.39, 0.29) is 0 Å². The SMILES string of the molecule is CC(C)N(CC(N)=S)Cc1ccc2ncccc2c1. The first-order chi connectivity index (χ1) is 9.06. The van der Waals surface area contributed by atoms with Crippen LogP contribution in [0.3, 0.4) is 0 Å². The van der Waals surface area contributed by atoms with Crippen molar-refractivity contribution < 1.29 is 0 Å². The van der Waals surface area contributed by atoms with E-state index in [2.05, 4.69) is 48.0 Å². The van der Waals surface area contributed by atoms with Gasteiger partial charge in [0, 0.05) is 30.7 Å². The molecular weight excluding hydrogens is 254 g/mol. The fourth-order valence-electron chi connectivity index (χ4n) is 2.08. The van der Waals surface area contributed by atoms with Crippen molar-refractivity contribution >= 4 is 28.1 Å². The first kappa shape index (κ1) is 13.9. The van der Waals surface area contributed by atoms with Crippen molar-refractivity contribution in [1.29, 1.82) is 0 Å². The number of hydrogen-bond donors (Lipinski definition) is 1. The average molecular weight is 273 g/mol. The molecular formula is C15H19N3S. The van der Waals surface area contributed by atoms with Crippen LogP contribution in [-0.2, 0) is 6.54 Å². The molecule has 0 atom stereocenters. The maximum absolute atomic E-state index is 5.66. The van der Waals surface area contributed by atoms with Gasteiger partial charge in [-0.15, -0.1) is 0 Å². The maximum atomic E-state index is 5.66. The molecule has 19 heavy (non-hydrogen) atoms. The molecule has 0 radical (unpaired) electrons. The van der Waals surface area contributed by atoms with Gasteiger partial charge in [0.15, 0.2) is 0 Å². The van der Waals surface area contributed by atoms with Gasteiger partial charge in [0.25, 0.3) is 0 Å². The Morgan fingerprint density at radius 3 is 2.84 bits per heavy atom. The minimum Gasteiger partial charge on any atom is -0.392 e. The highest BCUT2D eigenvalue weighted by Crippen LogP contribution is 2.15. The molecule has 0 aliphatic heterocycles. The first-order valence-corrected chi connectivity index (χ1v) is 6.83. The van der Waals surface area contributed by atoms with Crippen LogP contribution >= 0.6 is 12.2 Å². The summed E-state index contributed by atoms with van der Waals surface area (Å²) in [6.07, 6.45) is 1.81. The molecule has 1 heterocycles. The molecule has 0 aliphatic rings. The van der Waals surface area contributed by atoms with E-state index in [1.54, 1.807) is 0 Å². The van der Waals surface area contributed by atoms with E-state index in [0.717, 1.165) is 12.1 Å². The molecule has 0 bridgehead atoms. The lowest BCUT2D eigenvalue weighted by Gasteiger charge is -2.26. The zero-order valence-corrected chi connectivity index (χ0v) is 12.2. The molecule has 2 aromatic rings. The van der Waals surface area contributed by atoms with E-state index in [0.29, 0.717) is 17.6 Å². The third-order valence-electron chi connectivity index (χ3n) is 3.14. The molecule has 0 fully saturated rings.